The van der Waals surface area contributed by atoms with Crippen LogP contribution in [-0.2, 0) is 7.05 Å². The van der Waals surface area contributed by atoms with E-state index in [2.05, 4.69) is 30.9 Å². The average molecular weight is 356 g/mol. The van der Waals surface area contributed by atoms with Gasteiger partial charge in [-0.25, -0.2) is 9.78 Å². The largest absolute Gasteiger partial charge is 0.332 e. The molecule has 0 fully saturated rings. The van der Waals surface area contributed by atoms with E-state index in [0.717, 1.165) is 4.47 Å². The summed E-state index contributed by atoms with van der Waals surface area (Å²) < 4.78 is 2.07. The number of H-pyrrole nitrogens is 2. The van der Waals surface area contributed by atoms with Crippen molar-refractivity contribution in [2.45, 2.75) is 0 Å². The van der Waals surface area contributed by atoms with E-state index in [4.69, 9.17) is 11.6 Å². The van der Waals surface area contributed by atoms with E-state index in [1.165, 1.54) is 4.57 Å². The Kier molecular flexibility index (Phi) is 3.02. The normalized spacial score (nSPS) is 11.2. The van der Waals surface area contributed by atoms with Crippen molar-refractivity contribution >= 4 is 38.7 Å². The Hall–Kier alpha value is -1.86. The first-order valence-corrected chi connectivity index (χ1v) is 6.78. The van der Waals surface area contributed by atoms with Crippen molar-refractivity contribution in [3.8, 4) is 11.4 Å². The highest BCUT2D eigenvalue weighted by Crippen LogP contribution is 2.26. The maximum absolute atomic E-state index is 11.8. The summed E-state index contributed by atoms with van der Waals surface area (Å²) in [6.45, 7) is 0. The summed E-state index contributed by atoms with van der Waals surface area (Å²) in [5, 5.41) is 0.539. The first kappa shape index (κ1) is 13.1. The molecule has 2 aromatic heterocycles. The summed E-state index contributed by atoms with van der Waals surface area (Å²) in [5.74, 6) is 0.468. The summed E-state index contributed by atoms with van der Waals surface area (Å²) in [7, 11) is 1.54. The predicted molar refractivity (Wildman–Crippen MR) is 80.1 cm³/mol. The zero-order valence-electron chi connectivity index (χ0n) is 10.2. The van der Waals surface area contributed by atoms with Gasteiger partial charge in [0.1, 0.15) is 11.3 Å². The van der Waals surface area contributed by atoms with Crippen LogP contribution in [0, 0.1) is 0 Å². The Morgan fingerprint density at radius 1 is 1.25 bits per heavy atom. The molecular weight excluding hydrogens is 348 g/mol. The highest BCUT2D eigenvalue weighted by atomic mass is 79.9. The number of aromatic nitrogens is 4. The SMILES string of the molecule is Cn1c(=O)[nH]c(=O)c2[nH]c(-c3cc(Cl)cc(Br)c3)nc21. The third-order valence-corrected chi connectivity index (χ3v) is 3.57. The molecule has 1 aromatic carbocycles. The lowest BCUT2D eigenvalue weighted by Gasteiger charge is -1.99. The van der Waals surface area contributed by atoms with E-state index in [9.17, 15) is 9.59 Å². The molecule has 0 saturated carbocycles. The van der Waals surface area contributed by atoms with Gasteiger partial charge in [0, 0.05) is 22.1 Å². The van der Waals surface area contributed by atoms with E-state index < -0.39 is 11.2 Å². The fourth-order valence-electron chi connectivity index (χ4n) is 1.93. The second kappa shape index (κ2) is 4.60. The average Bonchev–Trinajstić information content (AvgIpc) is 2.80. The molecule has 0 unspecified atom stereocenters. The van der Waals surface area contributed by atoms with Crippen LogP contribution in [0.1, 0.15) is 0 Å². The van der Waals surface area contributed by atoms with E-state index in [1.807, 2.05) is 6.07 Å². The standard InChI is InChI=1S/C12H8BrClN4O2/c1-18-10-8(11(19)17-12(18)20)15-9(16-10)5-2-6(13)4-7(14)3-5/h2-4H,1H3,(H,15,16)(H,17,19,20). The monoisotopic (exact) mass is 354 g/mol. The number of hydrogen-bond acceptors (Lipinski definition) is 3. The fourth-order valence-corrected chi connectivity index (χ4v) is 2.79. The van der Waals surface area contributed by atoms with Crippen LogP contribution in [-0.4, -0.2) is 19.5 Å². The van der Waals surface area contributed by atoms with Gasteiger partial charge in [-0.3, -0.25) is 14.3 Å². The molecule has 2 heterocycles. The van der Waals surface area contributed by atoms with Gasteiger partial charge < -0.3 is 4.98 Å². The molecule has 0 radical (unpaired) electrons. The second-order valence-electron chi connectivity index (χ2n) is 4.26. The zero-order chi connectivity index (χ0) is 14.4. The molecule has 0 bridgehead atoms. The lowest BCUT2D eigenvalue weighted by Crippen LogP contribution is -2.28. The van der Waals surface area contributed by atoms with Crippen LogP contribution in [0.2, 0.25) is 5.02 Å². The lowest BCUT2D eigenvalue weighted by molar-refractivity contribution is 0.832. The van der Waals surface area contributed by atoms with E-state index in [-0.39, 0.29) is 5.52 Å². The molecule has 3 aromatic rings. The second-order valence-corrected chi connectivity index (χ2v) is 5.61. The number of fused-ring (bicyclic) bond motifs is 1. The number of hydrogen-bond donors (Lipinski definition) is 2. The Balaban J connectivity index is 2.33. The van der Waals surface area contributed by atoms with Crippen molar-refractivity contribution in [2.24, 2.45) is 7.05 Å². The number of aromatic amines is 2. The smallest absolute Gasteiger partial charge is 0.329 e. The lowest BCUT2D eigenvalue weighted by atomic mass is 10.2. The van der Waals surface area contributed by atoms with Crippen LogP contribution in [0.3, 0.4) is 0 Å². The molecule has 0 aliphatic heterocycles. The summed E-state index contributed by atoms with van der Waals surface area (Å²) in [5.41, 5.74) is 0.256. The number of nitrogens with zero attached hydrogens (tertiary/aromatic N) is 2. The molecule has 3 rings (SSSR count). The van der Waals surface area contributed by atoms with Crippen LogP contribution < -0.4 is 11.2 Å². The molecule has 2 N–H and O–H groups in total. The molecule has 8 heteroatoms. The number of halogens is 2. The van der Waals surface area contributed by atoms with Crippen molar-refractivity contribution in [1.82, 2.24) is 19.5 Å². The summed E-state index contributed by atoms with van der Waals surface area (Å²) in [4.78, 5) is 32.7. The number of imidazole rings is 1. The van der Waals surface area contributed by atoms with Crippen molar-refractivity contribution in [3.63, 3.8) is 0 Å². The Bertz CT molecular complexity index is 921. The van der Waals surface area contributed by atoms with Crippen LogP contribution in [0.4, 0.5) is 0 Å². The Labute approximate surface area is 125 Å². The molecule has 102 valence electrons. The summed E-state index contributed by atoms with van der Waals surface area (Å²) in [6, 6.07) is 5.28. The highest BCUT2D eigenvalue weighted by molar-refractivity contribution is 9.10. The van der Waals surface area contributed by atoms with Gasteiger partial charge in [0.05, 0.1) is 0 Å². The molecule has 20 heavy (non-hydrogen) atoms. The number of aryl methyl sites for hydroxylation is 1. The van der Waals surface area contributed by atoms with Crippen molar-refractivity contribution < 1.29 is 0 Å². The van der Waals surface area contributed by atoms with Gasteiger partial charge in [-0.05, 0) is 18.2 Å². The minimum absolute atomic E-state index is 0.248. The van der Waals surface area contributed by atoms with Gasteiger partial charge >= 0.3 is 5.69 Å². The van der Waals surface area contributed by atoms with Crippen LogP contribution in [0.5, 0.6) is 0 Å². The molecular formula is C12H8BrClN4O2. The van der Waals surface area contributed by atoms with E-state index in [1.54, 1.807) is 19.2 Å². The molecule has 0 atom stereocenters. The third-order valence-electron chi connectivity index (χ3n) is 2.89. The van der Waals surface area contributed by atoms with Gasteiger partial charge in [-0.1, -0.05) is 27.5 Å². The minimum atomic E-state index is -0.507. The van der Waals surface area contributed by atoms with Crippen LogP contribution in [0.25, 0.3) is 22.6 Å². The molecule has 0 spiro atoms. The Morgan fingerprint density at radius 3 is 2.70 bits per heavy atom. The molecule has 0 aliphatic carbocycles. The Morgan fingerprint density at radius 2 is 2.00 bits per heavy atom. The maximum atomic E-state index is 11.8. The van der Waals surface area contributed by atoms with E-state index in [0.29, 0.717) is 22.1 Å². The van der Waals surface area contributed by atoms with Gasteiger partial charge in [-0.15, -0.1) is 0 Å². The van der Waals surface area contributed by atoms with Gasteiger partial charge in [0.15, 0.2) is 5.65 Å². The molecule has 0 saturated heterocycles. The highest BCUT2D eigenvalue weighted by Gasteiger charge is 2.12. The quantitative estimate of drug-likeness (QED) is 0.700. The third kappa shape index (κ3) is 2.08. The summed E-state index contributed by atoms with van der Waals surface area (Å²) >= 11 is 9.34. The van der Waals surface area contributed by atoms with Crippen molar-refractivity contribution in [3.05, 3.63) is 48.5 Å². The van der Waals surface area contributed by atoms with Gasteiger partial charge in [-0.2, -0.15) is 0 Å². The molecule has 0 amide bonds. The predicted octanol–water partition coefficient (Wildman–Crippen LogP) is 2.03. The maximum Gasteiger partial charge on any atom is 0.329 e. The number of rotatable bonds is 1. The zero-order valence-corrected chi connectivity index (χ0v) is 12.5. The van der Waals surface area contributed by atoms with Crippen molar-refractivity contribution in [1.29, 1.82) is 0 Å². The van der Waals surface area contributed by atoms with Crippen LogP contribution >= 0.6 is 27.5 Å². The van der Waals surface area contributed by atoms with Gasteiger partial charge in [0.25, 0.3) is 5.56 Å². The van der Waals surface area contributed by atoms with Crippen molar-refractivity contribution in [2.75, 3.05) is 0 Å². The molecule has 0 aliphatic rings. The first-order chi connectivity index (χ1) is 9.45. The topological polar surface area (TPSA) is 83.5 Å². The number of nitrogens with one attached hydrogen (secondary N) is 2. The fraction of sp³-hybridized carbons (Fsp3) is 0.0833. The first-order valence-electron chi connectivity index (χ1n) is 5.61. The minimum Gasteiger partial charge on any atom is -0.332 e. The summed E-state index contributed by atoms with van der Waals surface area (Å²) in [6.07, 6.45) is 0. The molecule has 6 nitrogen and oxygen atoms in total. The van der Waals surface area contributed by atoms with Crippen LogP contribution in [0.15, 0.2) is 32.3 Å². The number of benzene rings is 1. The van der Waals surface area contributed by atoms with E-state index >= 15 is 0 Å². The van der Waals surface area contributed by atoms with Gasteiger partial charge in [0.2, 0.25) is 0 Å².